The molecule has 2 aromatic carbocycles. The van der Waals surface area contributed by atoms with Gasteiger partial charge in [0.05, 0.1) is 37.5 Å². The van der Waals surface area contributed by atoms with Gasteiger partial charge in [0.25, 0.3) is 0 Å². The van der Waals surface area contributed by atoms with E-state index in [4.69, 9.17) is 14.2 Å². The zero-order valence-electron chi connectivity index (χ0n) is 20.8. The monoisotopic (exact) mass is 500 g/mol. The van der Waals surface area contributed by atoms with Crippen LogP contribution >= 0.6 is 0 Å². The number of benzene rings is 2. The molecule has 10 heteroatoms. The van der Waals surface area contributed by atoms with Gasteiger partial charge in [-0.15, -0.1) is 0 Å². The zero-order valence-corrected chi connectivity index (χ0v) is 20.8. The van der Waals surface area contributed by atoms with Crippen LogP contribution in [0.3, 0.4) is 0 Å². The first-order chi connectivity index (χ1) is 17.4. The Morgan fingerprint density at radius 2 is 1.92 bits per heavy atom. The number of hydrogen-bond acceptors (Lipinski definition) is 8. The van der Waals surface area contributed by atoms with E-state index in [0.29, 0.717) is 54.7 Å². The van der Waals surface area contributed by atoms with Gasteiger partial charge in [0.1, 0.15) is 30.3 Å². The summed E-state index contributed by atoms with van der Waals surface area (Å²) in [6.45, 7) is 7.64. The Balaban J connectivity index is 0.000000380. The van der Waals surface area contributed by atoms with E-state index in [-0.39, 0.29) is 18.4 Å². The Hall–Kier alpha value is -3.76. The zero-order chi connectivity index (χ0) is 26.3. The first-order valence-corrected chi connectivity index (χ1v) is 11.4. The summed E-state index contributed by atoms with van der Waals surface area (Å²) in [6, 6.07) is 10.8. The van der Waals surface area contributed by atoms with Crippen molar-refractivity contribution in [2.24, 2.45) is 4.99 Å². The van der Waals surface area contributed by atoms with Crippen molar-refractivity contribution in [2.75, 3.05) is 51.2 Å². The van der Waals surface area contributed by atoms with Crippen LogP contribution in [0.4, 0.5) is 15.8 Å². The van der Waals surface area contributed by atoms with Crippen LogP contribution in [-0.2, 0) is 19.1 Å². The summed E-state index contributed by atoms with van der Waals surface area (Å²) in [6.07, 6.45) is 2.15. The lowest BCUT2D eigenvalue weighted by molar-refractivity contribution is -0.127. The van der Waals surface area contributed by atoms with Crippen LogP contribution in [0.25, 0.3) is 12.4 Å². The molecule has 2 aromatic rings. The molecule has 0 radical (unpaired) electrons. The van der Waals surface area contributed by atoms with E-state index >= 15 is 0 Å². The second kappa shape index (κ2) is 15.3. The van der Waals surface area contributed by atoms with Gasteiger partial charge < -0.3 is 35.0 Å². The molecule has 9 nitrogen and oxygen atoms in total. The van der Waals surface area contributed by atoms with Crippen LogP contribution in [0.15, 0.2) is 41.4 Å². The second-order valence-electron chi connectivity index (χ2n) is 7.64. The molecule has 1 heterocycles. The average Bonchev–Trinajstić information content (AvgIpc) is 2.82. The highest BCUT2D eigenvalue weighted by Gasteiger charge is 2.19. The molecule has 1 amide bonds. The predicted octanol–water partition coefficient (Wildman–Crippen LogP) is 1.66. The molecule has 0 unspecified atom stereocenters. The van der Waals surface area contributed by atoms with Gasteiger partial charge in [-0.05, 0) is 42.5 Å². The summed E-state index contributed by atoms with van der Waals surface area (Å²) in [5.41, 5.74) is 1.78. The smallest absolute Gasteiger partial charge is 0.227 e. The summed E-state index contributed by atoms with van der Waals surface area (Å²) in [5, 5.41) is 9.62. The van der Waals surface area contributed by atoms with Crippen molar-refractivity contribution in [3.8, 4) is 5.75 Å². The number of nitrogens with one attached hydrogen (secondary N) is 3. The molecule has 0 spiro atoms. The predicted molar refractivity (Wildman–Crippen MR) is 139 cm³/mol. The first-order valence-electron chi connectivity index (χ1n) is 11.4. The average molecular weight is 501 g/mol. The molecule has 0 aliphatic carbocycles. The minimum atomic E-state index is -0.454. The van der Waals surface area contributed by atoms with Crippen molar-refractivity contribution in [3.05, 3.63) is 52.7 Å². The summed E-state index contributed by atoms with van der Waals surface area (Å²) < 4.78 is 29.9. The number of halogens is 1. The third kappa shape index (κ3) is 9.12. The molecule has 1 fully saturated rings. The Labute approximate surface area is 210 Å². The van der Waals surface area contributed by atoms with Crippen molar-refractivity contribution >= 4 is 42.2 Å². The van der Waals surface area contributed by atoms with Crippen LogP contribution in [0.5, 0.6) is 5.75 Å². The quantitative estimate of drug-likeness (QED) is 0.186. The highest BCUT2D eigenvalue weighted by atomic mass is 19.1. The molecule has 0 aromatic heterocycles. The number of rotatable bonds is 11. The molecule has 1 aliphatic heterocycles. The Bertz CT molecular complexity index is 1130. The van der Waals surface area contributed by atoms with Gasteiger partial charge in [-0.2, -0.15) is 0 Å². The van der Waals surface area contributed by atoms with Crippen LogP contribution in [0, 0.1) is 5.82 Å². The summed E-state index contributed by atoms with van der Waals surface area (Å²) in [7, 11) is 3.43. The topological polar surface area (TPSA) is 110 Å². The fourth-order valence-electron chi connectivity index (χ4n) is 3.05. The molecule has 0 atom stereocenters. The highest BCUT2D eigenvalue weighted by Crippen LogP contribution is 2.15. The van der Waals surface area contributed by atoms with Gasteiger partial charge in [0.2, 0.25) is 5.91 Å². The molecule has 1 aliphatic rings. The third-order valence-electron chi connectivity index (χ3n) is 4.90. The largest absolute Gasteiger partial charge is 0.491 e. The van der Waals surface area contributed by atoms with Crippen molar-refractivity contribution in [1.29, 1.82) is 0 Å². The fraction of sp³-hybridized carbons (Fsp3) is 0.346. The number of nitrogens with zero attached hydrogens (tertiary/aromatic N) is 1. The second-order valence-corrected chi connectivity index (χ2v) is 7.64. The number of anilines is 2. The maximum absolute atomic E-state index is 14.7. The molecule has 3 rings (SSSR count). The maximum Gasteiger partial charge on any atom is 0.227 e. The van der Waals surface area contributed by atoms with Gasteiger partial charge >= 0.3 is 0 Å². The van der Waals surface area contributed by atoms with Crippen LogP contribution in [-0.4, -0.2) is 65.0 Å². The number of amides is 1. The van der Waals surface area contributed by atoms with Gasteiger partial charge in [0.15, 0.2) is 0 Å². The van der Waals surface area contributed by atoms with E-state index in [1.165, 1.54) is 6.07 Å². The van der Waals surface area contributed by atoms with Crippen molar-refractivity contribution < 1.29 is 28.2 Å². The summed E-state index contributed by atoms with van der Waals surface area (Å²) >= 11 is 0. The minimum absolute atomic E-state index is 0.0451. The molecule has 0 saturated carbocycles. The lowest BCUT2D eigenvalue weighted by Gasteiger charge is -2.26. The van der Waals surface area contributed by atoms with Crippen LogP contribution in [0.1, 0.15) is 13.3 Å². The normalized spacial score (nSPS) is 13.7. The van der Waals surface area contributed by atoms with E-state index < -0.39 is 5.82 Å². The lowest BCUT2D eigenvalue weighted by atomic mass is 10.2. The van der Waals surface area contributed by atoms with Crippen LogP contribution < -0.4 is 31.1 Å². The molecule has 0 bridgehead atoms. The van der Waals surface area contributed by atoms with Gasteiger partial charge in [-0.25, -0.2) is 9.38 Å². The Morgan fingerprint density at radius 3 is 2.44 bits per heavy atom. The van der Waals surface area contributed by atoms with Gasteiger partial charge in [0, 0.05) is 37.8 Å². The van der Waals surface area contributed by atoms with Crippen molar-refractivity contribution in [3.63, 3.8) is 0 Å². The molecular weight excluding hydrogens is 467 g/mol. The molecule has 194 valence electrons. The Morgan fingerprint density at radius 1 is 1.22 bits per heavy atom. The highest BCUT2D eigenvalue weighted by molar-refractivity contribution is 5.88. The number of aldehydes is 1. The number of carbonyl (C=O) groups is 2. The fourth-order valence-corrected chi connectivity index (χ4v) is 3.05. The van der Waals surface area contributed by atoms with E-state index in [0.717, 1.165) is 11.4 Å². The van der Waals surface area contributed by atoms with E-state index in [1.54, 1.807) is 26.3 Å². The summed E-state index contributed by atoms with van der Waals surface area (Å²) in [4.78, 5) is 24.7. The summed E-state index contributed by atoms with van der Waals surface area (Å²) in [5.74, 6) is 0.121. The van der Waals surface area contributed by atoms with E-state index in [2.05, 4.69) is 27.5 Å². The van der Waals surface area contributed by atoms with Crippen molar-refractivity contribution in [2.45, 2.75) is 19.4 Å². The number of aliphatic imine (C=N–C) groups is 1. The number of hydrogen-bond donors (Lipinski definition) is 3. The lowest BCUT2D eigenvalue weighted by Crippen LogP contribution is -2.48. The number of methoxy groups -OCH3 is 1. The van der Waals surface area contributed by atoms with Crippen molar-refractivity contribution in [1.82, 2.24) is 5.32 Å². The Kier molecular flexibility index (Phi) is 12.1. The first kappa shape index (κ1) is 28.5. The number of carbonyl (C=O) groups excluding carboxylic acids is 2. The molecule has 36 heavy (non-hydrogen) atoms. The van der Waals surface area contributed by atoms with E-state index in [9.17, 15) is 14.0 Å². The number of ether oxygens (including phenoxy) is 3. The molecular formula is C26H33FN4O5. The standard InChI is InChI=1S/C20H24FN3O2.C6H9NO3/c1-5-23-20(24-16-8-6-15(22-3)7-9-16)19-14(2)12-17(13-18(19)21)26-11-10-25-4;8-2-1-6(9)7-5-3-10-4-5/h5-9,12-13,22,24H,2,10-11H2,1,3-4H3;2,5H,1,3-4H2,(H,7,9)/b20-19-,23-5-;. The van der Waals surface area contributed by atoms with Gasteiger partial charge in [-0.1, -0.05) is 6.58 Å². The van der Waals surface area contributed by atoms with Gasteiger partial charge in [-0.3, -0.25) is 4.79 Å². The SMILES string of the molecule is C=c1cc(OCCOC)cc(F)/c1=C(/N=C\C)Nc1ccc(NC)cc1.O=CCC(=O)NC1COC1. The minimum Gasteiger partial charge on any atom is -0.491 e. The third-order valence-corrected chi connectivity index (χ3v) is 4.90. The molecule has 3 N–H and O–H groups in total. The van der Waals surface area contributed by atoms with E-state index in [1.807, 2.05) is 31.3 Å². The van der Waals surface area contributed by atoms with Crippen LogP contribution in [0.2, 0.25) is 0 Å². The molecule has 1 saturated heterocycles. The maximum atomic E-state index is 14.7.